The predicted octanol–water partition coefficient (Wildman–Crippen LogP) is 2.47. The van der Waals surface area contributed by atoms with Crippen LogP contribution in [0.15, 0.2) is 36.4 Å². The highest BCUT2D eigenvalue weighted by Crippen LogP contribution is 2.29. The van der Waals surface area contributed by atoms with Crippen LogP contribution in [-0.4, -0.2) is 32.4 Å². The Labute approximate surface area is 153 Å². The van der Waals surface area contributed by atoms with Crippen LogP contribution in [0.1, 0.15) is 41.4 Å². The molecule has 0 radical (unpaired) electrons. The molecule has 2 aromatic carbocycles. The zero-order valence-electron chi connectivity index (χ0n) is 14.2. The van der Waals surface area contributed by atoms with Crippen LogP contribution >= 0.6 is 0 Å². The molecule has 0 unspecified atom stereocenters. The van der Waals surface area contributed by atoms with Crippen molar-refractivity contribution in [2.75, 3.05) is 0 Å². The lowest BCUT2D eigenvalue weighted by Gasteiger charge is -2.25. The van der Waals surface area contributed by atoms with E-state index in [0.717, 1.165) is 0 Å². The maximum Gasteiger partial charge on any atom is 0.454 e. The summed E-state index contributed by atoms with van der Waals surface area (Å²) in [6.45, 7) is 3.53. The van der Waals surface area contributed by atoms with E-state index in [1.54, 1.807) is 25.2 Å². The predicted molar refractivity (Wildman–Crippen MR) is 91.1 cm³/mol. The first-order valence-corrected chi connectivity index (χ1v) is 10.7. The van der Waals surface area contributed by atoms with E-state index in [2.05, 4.69) is 9.47 Å². The Morgan fingerprint density at radius 1 is 0.630 bits per heavy atom. The molecule has 0 atom stereocenters. The van der Waals surface area contributed by atoms with Crippen LogP contribution in [0.4, 0.5) is 0 Å². The van der Waals surface area contributed by atoms with Gasteiger partial charge in [0.2, 0.25) is 0 Å². The molecule has 136 valence electrons. The monoisotopic (exact) mass is 384 g/mol. The SMILES string of the molecule is C[Si](C)(Oc1ccc2c(c1)C(=O)OC2=O)Oc1ccc2c(c1)C(=O)OC2=O. The lowest BCUT2D eigenvalue weighted by atomic mass is 10.1. The first kappa shape index (κ1) is 17.0. The fraction of sp³-hybridized carbons (Fsp3) is 0.111. The summed E-state index contributed by atoms with van der Waals surface area (Å²) in [6.07, 6.45) is 0. The highest BCUT2D eigenvalue weighted by atomic mass is 28.4. The maximum absolute atomic E-state index is 11.7. The fourth-order valence-electron chi connectivity index (χ4n) is 2.84. The maximum atomic E-state index is 11.7. The molecule has 2 aromatic rings. The third-order valence-corrected chi connectivity index (χ3v) is 5.41. The number of cyclic esters (lactones) is 4. The van der Waals surface area contributed by atoms with Crippen LogP contribution in [0.3, 0.4) is 0 Å². The van der Waals surface area contributed by atoms with Gasteiger partial charge in [-0.15, -0.1) is 0 Å². The van der Waals surface area contributed by atoms with Crippen LogP contribution < -0.4 is 8.85 Å². The Morgan fingerprint density at radius 3 is 1.41 bits per heavy atom. The van der Waals surface area contributed by atoms with Crippen molar-refractivity contribution in [3.8, 4) is 11.5 Å². The van der Waals surface area contributed by atoms with Crippen molar-refractivity contribution in [3.63, 3.8) is 0 Å². The molecule has 8 nitrogen and oxygen atoms in total. The molecular formula is C18H12O8Si. The van der Waals surface area contributed by atoms with E-state index in [1.807, 2.05) is 0 Å². The van der Waals surface area contributed by atoms with Crippen LogP contribution in [0.5, 0.6) is 11.5 Å². The van der Waals surface area contributed by atoms with Gasteiger partial charge in [0.05, 0.1) is 22.3 Å². The summed E-state index contributed by atoms with van der Waals surface area (Å²) < 4.78 is 20.9. The van der Waals surface area contributed by atoms with Crippen LogP contribution in [0.2, 0.25) is 13.1 Å². The topological polar surface area (TPSA) is 105 Å². The molecule has 0 aliphatic carbocycles. The summed E-state index contributed by atoms with van der Waals surface area (Å²) in [5.41, 5.74) is 0.659. The summed E-state index contributed by atoms with van der Waals surface area (Å²) >= 11 is 0. The molecule has 2 heterocycles. The minimum Gasteiger partial charge on any atom is -0.512 e. The number of hydrogen-bond acceptors (Lipinski definition) is 8. The Hall–Kier alpha value is -3.46. The van der Waals surface area contributed by atoms with Gasteiger partial charge in [0, 0.05) is 13.1 Å². The van der Waals surface area contributed by atoms with Gasteiger partial charge in [-0.05, 0) is 36.4 Å². The zero-order valence-corrected chi connectivity index (χ0v) is 15.2. The van der Waals surface area contributed by atoms with E-state index in [4.69, 9.17) is 8.85 Å². The van der Waals surface area contributed by atoms with E-state index in [-0.39, 0.29) is 22.3 Å². The van der Waals surface area contributed by atoms with Crippen molar-refractivity contribution < 1.29 is 37.5 Å². The second-order valence-electron chi connectivity index (χ2n) is 6.37. The van der Waals surface area contributed by atoms with Crippen molar-refractivity contribution in [3.05, 3.63) is 58.7 Å². The second-order valence-corrected chi connectivity index (χ2v) is 9.58. The average Bonchev–Trinajstić information content (AvgIpc) is 3.03. The molecule has 0 aromatic heterocycles. The number of benzene rings is 2. The van der Waals surface area contributed by atoms with Gasteiger partial charge in [0.25, 0.3) is 0 Å². The first-order valence-electron chi connectivity index (χ1n) is 7.93. The third-order valence-electron chi connectivity index (χ3n) is 3.96. The molecule has 0 amide bonds. The normalized spacial score (nSPS) is 15.2. The summed E-state index contributed by atoms with van der Waals surface area (Å²) in [6, 6.07) is 8.88. The van der Waals surface area contributed by atoms with Gasteiger partial charge in [0.1, 0.15) is 11.5 Å². The van der Waals surface area contributed by atoms with Crippen LogP contribution in [0.25, 0.3) is 0 Å². The Bertz CT molecular complexity index is 958. The summed E-state index contributed by atoms with van der Waals surface area (Å²) in [5.74, 6) is -2.10. The number of ether oxygens (including phenoxy) is 2. The van der Waals surface area contributed by atoms with Crippen LogP contribution in [-0.2, 0) is 9.47 Å². The highest BCUT2D eigenvalue weighted by molar-refractivity contribution is 6.66. The van der Waals surface area contributed by atoms with Gasteiger partial charge in [-0.2, -0.15) is 0 Å². The van der Waals surface area contributed by atoms with Gasteiger partial charge in [0.15, 0.2) is 0 Å². The molecule has 4 rings (SSSR count). The quantitative estimate of drug-likeness (QED) is 0.450. The zero-order chi connectivity index (χ0) is 19.3. The Morgan fingerprint density at radius 2 is 1.00 bits per heavy atom. The molecule has 0 bridgehead atoms. The third kappa shape index (κ3) is 2.97. The largest absolute Gasteiger partial charge is 0.512 e. The molecule has 0 saturated carbocycles. The molecule has 0 fully saturated rings. The van der Waals surface area contributed by atoms with Crippen molar-refractivity contribution >= 4 is 32.4 Å². The average molecular weight is 384 g/mol. The highest BCUT2D eigenvalue weighted by Gasteiger charge is 2.35. The van der Waals surface area contributed by atoms with E-state index >= 15 is 0 Å². The molecule has 27 heavy (non-hydrogen) atoms. The molecule has 2 aliphatic rings. The lowest BCUT2D eigenvalue weighted by molar-refractivity contribution is 0.0425. The minimum absolute atomic E-state index is 0.140. The number of carbonyl (C=O) groups is 4. The first-order chi connectivity index (χ1) is 12.7. The number of rotatable bonds is 4. The van der Waals surface area contributed by atoms with Gasteiger partial charge < -0.3 is 18.3 Å². The Kier molecular flexibility index (Phi) is 3.63. The lowest BCUT2D eigenvalue weighted by Crippen LogP contribution is -2.41. The minimum atomic E-state index is -2.80. The standard InChI is InChI=1S/C18H12O8Si/c1-27(2,25-9-3-5-11-13(7-9)17(21)23-15(11)19)26-10-4-6-12-14(8-10)18(22)24-16(12)20/h3-8H,1-2H3. The molecule has 0 N–H and O–H groups in total. The van der Waals surface area contributed by atoms with E-state index in [0.29, 0.717) is 11.5 Å². The molecule has 0 spiro atoms. The number of esters is 4. The van der Waals surface area contributed by atoms with Gasteiger partial charge in [-0.25, -0.2) is 19.2 Å². The Balaban J connectivity index is 1.55. The number of carbonyl (C=O) groups excluding carboxylic acids is 4. The van der Waals surface area contributed by atoms with Crippen molar-refractivity contribution in [2.24, 2.45) is 0 Å². The van der Waals surface area contributed by atoms with E-state index in [9.17, 15) is 19.2 Å². The van der Waals surface area contributed by atoms with Gasteiger partial charge in [-0.1, -0.05) is 0 Å². The van der Waals surface area contributed by atoms with Crippen LogP contribution in [0, 0.1) is 0 Å². The summed E-state index contributed by atoms with van der Waals surface area (Å²) in [5, 5.41) is 0. The molecule has 9 heteroatoms. The summed E-state index contributed by atoms with van der Waals surface area (Å²) in [7, 11) is -2.80. The number of fused-ring (bicyclic) bond motifs is 2. The molecule has 0 saturated heterocycles. The van der Waals surface area contributed by atoms with E-state index in [1.165, 1.54) is 24.3 Å². The van der Waals surface area contributed by atoms with E-state index < -0.39 is 32.4 Å². The smallest absolute Gasteiger partial charge is 0.454 e. The van der Waals surface area contributed by atoms with Gasteiger partial charge >= 0.3 is 32.4 Å². The fourth-order valence-corrected chi connectivity index (χ4v) is 4.28. The molecular weight excluding hydrogens is 372 g/mol. The van der Waals surface area contributed by atoms with Gasteiger partial charge in [-0.3, -0.25) is 0 Å². The van der Waals surface area contributed by atoms with Crippen molar-refractivity contribution in [1.29, 1.82) is 0 Å². The van der Waals surface area contributed by atoms with Crippen molar-refractivity contribution in [1.82, 2.24) is 0 Å². The molecule has 2 aliphatic heterocycles. The summed E-state index contributed by atoms with van der Waals surface area (Å²) in [4.78, 5) is 46.3. The number of hydrogen-bond donors (Lipinski definition) is 0. The second kappa shape index (κ2) is 5.78. The van der Waals surface area contributed by atoms with Crippen molar-refractivity contribution in [2.45, 2.75) is 13.1 Å².